The first-order valence-corrected chi connectivity index (χ1v) is 10.2. The number of carbonyl (C=O) groups is 1. The van der Waals surface area contributed by atoms with Crippen LogP contribution in [0.2, 0.25) is 0 Å². The van der Waals surface area contributed by atoms with Crippen LogP contribution in [0, 0.1) is 0 Å². The van der Waals surface area contributed by atoms with Crippen molar-refractivity contribution in [2.75, 3.05) is 26.7 Å². The number of rotatable bonds is 7. The third-order valence-electron chi connectivity index (χ3n) is 5.30. The van der Waals surface area contributed by atoms with Crippen molar-refractivity contribution < 1.29 is 9.53 Å². The number of aliphatic imine (C=N–C) groups is 1. The molecular formula is C21H32N4O2. The summed E-state index contributed by atoms with van der Waals surface area (Å²) in [4.78, 5) is 16.3. The summed E-state index contributed by atoms with van der Waals surface area (Å²) in [6, 6.07) is 6.80. The largest absolute Gasteiger partial charge is 0.493 e. The average Bonchev–Trinajstić information content (AvgIpc) is 3.15. The zero-order valence-electron chi connectivity index (χ0n) is 16.4. The molecule has 1 fully saturated rings. The quantitative estimate of drug-likeness (QED) is 0.507. The summed E-state index contributed by atoms with van der Waals surface area (Å²) >= 11 is 0. The van der Waals surface area contributed by atoms with E-state index in [0.29, 0.717) is 19.0 Å². The van der Waals surface area contributed by atoms with Gasteiger partial charge in [0.05, 0.1) is 6.61 Å². The van der Waals surface area contributed by atoms with E-state index in [9.17, 15) is 4.79 Å². The lowest BCUT2D eigenvalue weighted by molar-refractivity contribution is -0.121. The van der Waals surface area contributed by atoms with Crippen LogP contribution in [-0.2, 0) is 17.6 Å². The number of nitrogens with zero attached hydrogens (tertiary/aromatic N) is 1. The maximum Gasteiger partial charge on any atom is 0.221 e. The number of hydrogen-bond acceptors (Lipinski definition) is 3. The third-order valence-corrected chi connectivity index (χ3v) is 5.30. The molecule has 3 rings (SSSR count). The first-order chi connectivity index (χ1) is 13.2. The average molecular weight is 373 g/mol. The highest BCUT2D eigenvalue weighted by Gasteiger charge is 2.15. The molecule has 1 amide bonds. The van der Waals surface area contributed by atoms with E-state index in [1.165, 1.54) is 30.4 Å². The molecule has 0 radical (unpaired) electrons. The second-order valence-electron chi connectivity index (χ2n) is 7.37. The zero-order chi connectivity index (χ0) is 18.9. The first kappa shape index (κ1) is 19.5. The number of ether oxygens (including phenoxy) is 1. The van der Waals surface area contributed by atoms with Gasteiger partial charge in [-0.1, -0.05) is 31.4 Å². The minimum atomic E-state index is 0.130. The maximum absolute atomic E-state index is 12.1. The molecule has 0 saturated heterocycles. The van der Waals surface area contributed by atoms with Gasteiger partial charge in [0.15, 0.2) is 5.96 Å². The number of amides is 1. The fraction of sp³-hybridized carbons (Fsp3) is 0.619. The van der Waals surface area contributed by atoms with E-state index in [1.807, 2.05) is 0 Å². The van der Waals surface area contributed by atoms with Crippen LogP contribution in [0.5, 0.6) is 5.75 Å². The monoisotopic (exact) mass is 372 g/mol. The molecule has 1 aromatic carbocycles. The fourth-order valence-corrected chi connectivity index (χ4v) is 3.78. The van der Waals surface area contributed by atoms with E-state index in [0.717, 1.165) is 50.5 Å². The summed E-state index contributed by atoms with van der Waals surface area (Å²) in [7, 11) is 1.75. The Morgan fingerprint density at radius 1 is 1.19 bits per heavy atom. The van der Waals surface area contributed by atoms with Crippen LogP contribution in [0.15, 0.2) is 23.2 Å². The molecule has 0 spiro atoms. The normalized spacial score (nSPS) is 17.1. The summed E-state index contributed by atoms with van der Waals surface area (Å²) < 4.78 is 5.55. The highest BCUT2D eigenvalue weighted by Crippen LogP contribution is 2.25. The maximum atomic E-state index is 12.1. The Kier molecular flexibility index (Phi) is 7.36. The molecule has 27 heavy (non-hydrogen) atoms. The highest BCUT2D eigenvalue weighted by atomic mass is 16.5. The van der Waals surface area contributed by atoms with Crippen LogP contribution < -0.4 is 20.7 Å². The number of fused-ring (bicyclic) bond motifs is 1. The van der Waals surface area contributed by atoms with Crippen molar-refractivity contribution in [3.63, 3.8) is 0 Å². The van der Waals surface area contributed by atoms with E-state index >= 15 is 0 Å². The Hall–Kier alpha value is -2.24. The summed E-state index contributed by atoms with van der Waals surface area (Å²) in [6.07, 6.45) is 8.42. The summed E-state index contributed by atoms with van der Waals surface area (Å²) in [6.45, 7) is 2.18. The number of carbonyl (C=O) groups excluding carboxylic acids is 1. The lowest BCUT2D eigenvalue weighted by Gasteiger charge is -2.22. The molecule has 148 valence electrons. The molecule has 0 unspecified atom stereocenters. The predicted octanol–water partition coefficient (Wildman–Crippen LogP) is 2.17. The second kappa shape index (κ2) is 10.2. The minimum absolute atomic E-state index is 0.130. The fourth-order valence-electron chi connectivity index (χ4n) is 3.78. The second-order valence-corrected chi connectivity index (χ2v) is 7.37. The molecule has 0 bridgehead atoms. The molecule has 1 heterocycles. The van der Waals surface area contributed by atoms with E-state index < -0.39 is 0 Å². The number of benzene rings is 1. The topological polar surface area (TPSA) is 74.8 Å². The van der Waals surface area contributed by atoms with Crippen LogP contribution in [0.25, 0.3) is 0 Å². The van der Waals surface area contributed by atoms with Crippen LogP contribution in [0.4, 0.5) is 0 Å². The molecule has 0 atom stereocenters. The van der Waals surface area contributed by atoms with Crippen molar-refractivity contribution in [1.29, 1.82) is 0 Å². The standard InChI is InChI=1S/C21H32N4O2/c1-22-21(24-13-10-20(26)25-18-5-3-2-4-6-18)23-12-9-16-7-8-19-17(15-16)11-14-27-19/h7-8,15,18H,2-6,9-14H2,1H3,(H,25,26)(H2,22,23,24). The van der Waals surface area contributed by atoms with Gasteiger partial charge < -0.3 is 20.7 Å². The van der Waals surface area contributed by atoms with Gasteiger partial charge >= 0.3 is 0 Å². The first-order valence-electron chi connectivity index (χ1n) is 10.2. The Morgan fingerprint density at radius 3 is 2.81 bits per heavy atom. The Bertz CT molecular complexity index is 654. The van der Waals surface area contributed by atoms with Gasteiger partial charge in [-0.2, -0.15) is 0 Å². The molecule has 3 N–H and O–H groups in total. The van der Waals surface area contributed by atoms with Crippen LogP contribution in [0.1, 0.15) is 49.7 Å². The van der Waals surface area contributed by atoms with Gasteiger partial charge in [0, 0.05) is 39.0 Å². The Balaban J connectivity index is 1.31. The van der Waals surface area contributed by atoms with Crippen molar-refractivity contribution in [2.45, 2.75) is 57.4 Å². The molecule has 1 aliphatic carbocycles. The van der Waals surface area contributed by atoms with Gasteiger partial charge in [-0.25, -0.2) is 0 Å². The van der Waals surface area contributed by atoms with Gasteiger partial charge in [0.2, 0.25) is 5.91 Å². The molecule has 6 nitrogen and oxygen atoms in total. The van der Waals surface area contributed by atoms with Gasteiger partial charge in [0.1, 0.15) is 5.75 Å². The molecule has 6 heteroatoms. The van der Waals surface area contributed by atoms with E-state index in [4.69, 9.17) is 4.74 Å². The molecule has 1 aliphatic heterocycles. The number of hydrogen-bond donors (Lipinski definition) is 3. The molecule has 1 aromatic rings. The van der Waals surface area contributed by atoms with Crippen molar-refractivity contribution in [1.82, 2.24) is 16.0 Å². The van der Waals surface area contributed by atoms with Crippen LogP contribution >= 0.6 is 0 Å². The van der Waals surface area contributed by atoms with Gasteiger partial charge in [-0.3, -0.25) is 9.79 Å². The smallest absolute Gasteiger partial charge is 0.221 e. The van der Waals surface area contributed by atoms with Gasteiger partial charge in [-0.15, -0.1) is 0 Å². The third kappa shape index (κ3) is 6.15. The van der Waals surface area contributed by atoms with Gasteiger partial charge in [-0.05, 0) is 36.5 Å². The lowest BCUT2D eigenvalue weighted by Crippen LogP contribution is -2.41. The summed E-state index contributed by atoms with van der Waals surface area (Å²) in [5, 5.41) is 9.69. The van der Waals surface area contributed by atoms with Crippen molar-refractivity contribution in [3.05, 3.63) is 29.3 Å². The predicted molar refractivity (Wildman–Crippen MR) is 108 cm³/mol. The lowest BCUT2D eigenvalue weighted by atomic mass is 9.95. The number of nitrogens with one attached hydrogen (secondary N) is 3. The van der Waals surface area contributed by atoms with Gasteiger partial charge in [0.25, 0.3) is 0 Å². The van der Waals surface area contributed by atoms with E-state index in [-0.39, 0.29) is 5.91 Å². The Morgan fingerprint density at radius 2 is 2.00 bits per heavy atom. The van der Waals surface area contributed by atoms with Crippen molar-refractivity contribution in [2.24, 2.45) is 4.99 Å². The van der Waals surface area contributed by atoms with E-state index in [1.54, 1.807) is 7.05 Å². The van der Waals surface area contributed by atoms with Crippen molar-refractivity contribution >= 4 is 11.9 Å². The van der Waals surface area contributed by atoms with E-state index in [2.05, 4.69) is 39.1 Å². The van der Waals surface area contributed by atoms with Crippen molar-refractivity contribution in [3.8, 4) is 5.75 Å². The van der Waals surface area contributed by atoms with Crippen LogP contribution in [0.3, 0.4) is 0 Å². The Labute approximate surface area is 162 Å². The molecular weight excluding hydrogens is 340 g/mol. The molecule has 2 aliphatic rings. The van der Waals surface area contributed by atoms with Crippen LogP contribution in [-0.4, -0.2) is 44.7 Å². The summed E-state index contributed by atoms with van der Waals surface area (Å²) in [5.41, 5.74) is 2.60. The molecule has 0 aromatic heterocycles. The summed E-state index contributed by atoms with van der Waals surface area (Å²) in [5.74, 6) is 1.89. The highest BCUT2D eigenvalue weighted by molar-refractivity contribution is 5.81. The SMILES string of the molecule is CN=C(NCCC(=O)NC1CCCCC1)NCCc1ccc2c(c1)CCO2. The number of guanidine groups is 1. The minimum Gasteiger partial charge on any atom is -0.493 e. The molecule has 1 saturated carbocycles. The zero-order valence-corrected chi connectivity index (χ0v) is 16.4.